The number of rotatable bonds is 3. The van der Waals surface area contributed by atoms with Gasteiger partial charge in [0.1, 0.15) is 5.75 Å². The number of morpholine rings is 1. The van der Waals surface area contributed by atoms with Crippen LogP contribution in [-0.2, 0) is 9.53 Å². The van der Waals surface area contributed by atoms with Crippen LogP contribution in [0.15, 0.2) is 18.2 Å². The molecule has 1 unspecified atom stereocenters. The summed E-state index contributed by atoms with van der Waals surface area (Å²) in [6.07, 6.45) is -0.453. The van der Waals surface area contributed by atoms with Crippen LogP contribution in [0.4, 0.5) is 11.4 Å². The molecule has 0 saturated carbocycles. The van der Waals surface area contributed by atoms with Gasteiger partial charge in [-0.3, -0.25) is 9.69 Å². The number of nitrogens with zero attached hydrogens (tertiary/aromatic N) is 2. The molecule has 2 aliphatic rings. The molecule has 6 heteroatoms. The first kappa shape index (κ1) is 14.2. The molecule has 0 aromatic heterocycles. The lowest BCUT2D eigenvalue weighted by molar-refractivity contribution is -0.125. The molecular weight excluding hydrogens is 270 g/mol. The fraction of sp³-hybridized carbons (Fsp3) is 0.533. The fourth-order valence-corrected chi connectivity index (χ4v) is 2.72. The first-order chi connectivity index (χ1) is 10.1. The molecule has 1 atom stereocenters. The number of carbonyl (C=O) groups excluding carboxylic acids is 1. The van der Waals surface area contributed by atoms with Gasteiger partial charge in [-0.25, -0.2) is 0 Å². The van der Waals surface area contributed by atoms with Gasteiger partial charge < -0.3 is 20.1 Å². The van der Waals surface area contributed by atoms with E-state index in [1.807, 2.05) is 6.07 Å². The highest BCUT2D eigenvalue weighted by Crippen LogP contribution is 2.35. The smallest absolute Gasteiger partial charge is 0.267 e. The number of nitrogen functional groups attached to an aromatic ring is 1. The minimum absolute atomic E-state index is 0.0126. The molecule has 2 aliphatic heterocycles. The van der Waals surface area contributed by atoms with E-state index in [4.69, 9.17) is 15.2 Å². The van der Waals surface area contributed by atoms with E-state index >= 15 is 0 Å². The van der Waals surface area contributed by atoms with Gasteiger partial charge in [0, 0.05) is 31.9 Å². The number of anilines is 2. The molecule has 3 rings (SSSR count). The molecule has 0 aliphatic carbocycles. The van der Waals surface area contributed by atoms with E-state index < -0.39 is 6.10 Å². The van der Waals surface area contributed by atoms with Crippen LogP contribution in [0.5, 0.6) is 5.75 Å². The SMILES string of the molecule is CC1Oc2ccc(N)cc2N(CCN2CCOCC2)C1=O. The van der Waals surface area contributed by atoms with Crippen LogP contribution in [0.1, 0.15) is 6.92 Å². The molecule has 114 valence electrons. The molecule has 0 radical (unpaired) electrons. The second kappa shape index (κ2) is 5.91. The summed E-state index contributed by atoms with van der Waals surface area (Å²) < 4.78 is 11.0. The Labute approximate surface area is 124 Å². The van der Waals surface area contributed by atoms with Crippen LogP contribution in [0, 0.1) is 0 Å². The van der Waals surface area contributed by atoms with Crippen molar-refractivity contribution in [3.63, 3.8) is 0 Å². The summed E-state index contributed by atoms with van der Waals surface area (Å²) in [6.45, 7) is 6.60. The highest BCUT2D eigenvalue weighted by molar-refractivity contribution is 6.00. The van der Waals surface area contributed by atoms with Crippen LogP contribution in [0.25, 0.3) is 0 Å². The quantitative estimate of drug-likeness (QED) is 0.831. The molecule has 0 spiro atoms. The second-order valence-electron chi connectivity index (χ2n) is 5.43. The van der Waals surface area contributed by atoms with Crippen LogP contribution >= 0.6 is 0 Å². The minimum Gasteiger partial charge on any atom is -0.479 e. The summed E-state index contributed by atoms with van der Waals surface area (Å²) >= 11 is 0. The summed E-state index contributed by atoms with van der Waals surface area (Å²) in [7, 11) is 0. The molecule has 1 fully saturated rings. The standard InChI is InChI=1S/C15H21N3O3/c1-11-15(19)18(5-4-17-6-8-20-9-7-17)13-10-12(16)2-3-14(13)21-11/h2-3,10-11H,4-9,16H2,1H3. The third-order valence-corrected chi connectivity index (χ3v) is 3.93. The highest BCUT2D eigenvalue weighted by Gasteiger charge is 2.31. The molecule has 1 saturated heterocycles. The van der Waals surface area contributed by atoms with Crippen LogP contribution in [-0.4, -0.2) is 56.3 Å². The van der Waals surface area contributed by atoms with Crippen LogP contribution < -0.4 is 15.4 Å². The Morgan fingerprint density at radius 3 is 2.81 bits per heavy atom. The maximum Gasteiger partial charge on any atom is 0.267 e. The van der Waals surface area contributed by atoms with E-state index in [-0.39, 0.29) is 5.91 Å². The van der Waals surface area contributed by atoms with Crippen molar-refractivity contribution in [3.8, 4) is 5.75 Å². The van der Waals surface area contributed by atoms with Gasteiger partial charge in [-0.2, -0.15) is 0 Å². The van der Waals surface area contributed by atoms with Crippen molar-refractivity contribution in [1.29, 1.82) is 0 Å². The van der Waals surface area contributed by atoms with Gasteiger partial charge in [0.15, 0.2) is 6.10 Å². The molecule has 2 N–H and O–H groups in total. The molecular formula is C15H21N3O3. The number of benzene rings is 1. The van der Waals surface area contributed by atoms with Crippen LogP contribution in [0.3, 0.4) is 0 Å². The molecule has 2 heterocycles. The van der Waals surface area contributed by atoms with Gasteiger partial charge in [0.05, 0.1) is 18.9 Å². The van der Waals surface area contributed by atoms with Crippen LogP contribution in [0.2, 0.25) is 0 Å². The molecule has 1 aromatic carbocycles. The molecule has 1 amide bonds. The maximum absolute atomic E-state index is 12.4. The number of fused-ring (bicyclic) bond motifs is 1. The zero-order valence-corrected chi connectivity index (χ0v) is 12.2. The maximum atomic E-state index is 12.4. The first-order valence-electron chi connectivity index (χ1n) is 7.33. The zero-order chi connectivity index (χ0) is 14.8. The molecule has 6 nitrogen and oxygen atoms in total. The van der Waals surface area contributed by atoms with E-state index in [2.05, 4.69) is 4.90 Å². The number of ether oxygens (including phenoxy) is 2. The lowest BCUT2D eigenvalue weighted by atomic mass is 10.1. The van der Waals surface area contributed by atoms with E-state index in [1.165, 1.54) is 0 Å². The zero-order valence-electron chi connectivity index (χ0n) is 12.2. The van der Waals surface area contributed by atoms with Crippen molar-refractivity contribution < 1.29 is 14.3 Å². The Kier molecular flexibility index (Phi) is 3.98. The lowest BCUT2D eigenvalue weighted by Crippen LogP contribution is -2.48. The van der Waals surface area contributed by atoms with Gasteiger partial charge in [0.2, 0.25) is 0 Å². The number of carbonyl (C=O) groups is 1. The molecule has 0 bridgehead atoms. The topological polar surface area (TPSA) is 68.0 Å². The van der Waals surface area contributed by atoms with E-state index in [1.54, 1.807) is 24.0 Å². The third-order valence-electron chi connectivity index (χ3n) is 3.93. The van der Waals surface area contributed by atoms with Gasteiger partial charge in [-0.1, -0.05) is 0 Å². The number of amides is 1. The average molecular weight is 291 g/mol. The van der Waals surface area contributed by atoms with Gasteiger partial charge in [-0.15, -0.1) is 0 Å². The predicted octanol–water partition coefficient (Wildman–Crippen LogP) is 0.715. The van der Waals surface area contributed by atoms with E-state index in [0.29, 0.717) is 12.2 Å². The largest absolute Gasteiger partial charge is 0.479 e. The highest BCUT2D eigenvalue weighted by atomic mass is 16.5. The van der Waals surface area contributed by atoms with Gasteiger partial charge in [0.25, 0.3) is 5.91 Å². The van der Waals surface area contributed by atoms with Crippen molar-refractivity contribution in [2.45, 2.75) is 13.0 Å². The van der Waals surface area contributed by atoms with Crippen molar-refractivity contribution in [3.05, 3.63) is 18.2 Å². The fourth-order valence-electron chi connectivity index (χ4n) is 2.72. The summed E-state index contributed by atoms with van der Waals surface area (Å²) in [5.41, 5.74) is 7.25. The predicted molar refractivity (Wildman–Crippen MR) is 80.6 cm³/mol. The Bertz CT molecular complexity index is 529. The molecule has 1 aromatic rings. The minimum atomic E-state index is -0.453. The number of nitrogens with two attached hydrogens (primary N) is 1. The van der Waals surface area contributed by atoms with Crippen molar-refractivity contribution in [2.75, 3.05) is 50.0 Å². The Hall–Kier alpha value is -1.79. The van der Waals surface area contributed by atoms with E-state index in [9.17, 15) is 4.79 Å². The summed E-state index contributed by atoms with van der Waals surface area (Å²) in [5, 5.41) is 0. The van der Waals surface area contributed by atoms with Gasteiger partial charge in [-0.05, 0) is 25.1 Å². The molecule has 21 heavy (non-hydrogen) atoms. The van der Waals surface area contributed by atoms with Crippen molar-refractivity contribution in [2.24, 2.45) is 0 Å². The van der Waals surface area contributed by atoms with Crippen molar-refractivity contribution in [1.82, 2.24) is 4.90 Å². The van der Waals surface area contributed by atoms with Gasteiger partial charge >= 0.3 is 0 Å². The average Bonchev–Trinajstić information content (AvgIpc) is 2.49. The third kappa shape index (κ3) is 2.96. The summed E-state index contributed by atoms with van der Waals surface area (Å²) in [5.74, 6) is 0.708. The summed E-state index contributed by atoms with van der Waals surface area (Å²) in [6, 6.07) is 5.43. The Balaban J connectivity index is 1.76. The Morgan fingerprint density at radius 1 is 1.29 bits per heavy atom. The number of hydrogen-bond acceptors (Lipinski definition) is 5. The van der Waals surface area contributed by atoms with Crippen molar-refractivity contribution >= 4 is 17.3 Å². The summed E-state index contributed by atoms with van der Waals surface area (Å²) in [4.78, 5) is 16.5. The van der Waals surface area contributed by atoms with E-state index in [0.717, 1.165) is 44.3 Å². The first-order valence-corrected chi connectivity index (χ1v) is 7.33. The second-order valence-corrected chi connectivity index (χ2v) is 5.43. The number of hydrogen-bond donors (Lipinski definition) is 1. The lowest BCUT2D eigenvalue weighted by Gasteiger charge is -2.35. The monoisotopic (exact) mass is 291 g/mol. The Morgan fingerprint density at radius 2 is 2.05 bits per heavy atom. The normalized spacial score (nSPS) is 22.8.